The van der Waals surface area contributed by atoms with Gasteiger partial charge in [0.25, 0.3) is 0 Å². The summed E-state index contributed by atoms with van der Waals surface area (Å²) >= 11 is 0. The smallest absolute Gasteiger partial charge is 0.330 e. The first-order chi connectivity index (χ1) is 6.88. The van der Waals surface area contributed by atoms with Crippen LogP contribution in [0, 0.1) is 6.92 Å². The van der Waals surface area contributed by atoms with Crippen molar-refractivity contribution in [1.82, 2.24) is 15.0 Å². The molecular formula is C8H13F3N4. The Kier molecular flexibility index (Phi) is 3.33. The maximum atomic E-state index is 12.4. The monoisotopic (exact) mass is 222 g/mol. The van der Waals surface area contributed by atoms with Crippen molar-refractivity contribution in [2.75, 3.05) is 6.54 Å². The molecule has 0 spiro atoms. The first-order valence-electron chi connectivity index (χ1n) is 4.55. The fourth-order valence-corrected chi connectivity index (χ4v) is 1.25. The first kappa shape index (κ1) is 12.0. The molecule has 1 unspecified atom stereocenters. The van der Waals surface area contributed by atoms with Crippen molar-refractivity contribution in [2.45, 2.75) is 32.5 Å². The molecule has 0 aliphatic rings. The summed E-state index contributed by atoms with van der Waals surface area (Å²) in [5.74, 6) is 0. The van der Waals surface area contributed by atoms with E-state index in [0.717, 1.165) is 11.6 Å². The molecule has 0 saturated heterocycles. The molecule has 1 aromatic rings. The summed E-state index contributed by atoms with van der Waals surface area (Å²) in [5.41, 5.74) is 6.24. The predicted octanol–water partition coefficient (Wildman–Crippen LogP) is 1.21. The average molecular weight is 222 g/mol. The third kappa shape index (κ3) is 2.47. The zero-order chi connectivity index (χ0) is 11.6. The fourth-order valence-electron chi connectivity index (χ4n) is 1.25. The molecule has 1 heterocycles. The summed E-state index contributed by atoms with van der Waals surface area (Å²) < 4.78 is 38.1. The Morgan fingerprint density at radius 3 is 2.53 bits per heavy atom. The third-order valence-electron chi connectivity index (χ3n) is 2.24. The summed E-state index contributed by atoms with van der Waals surface area (Å²) in [6.07, 6.45) is -3.87. The lowest BCUT2D eigenvalue weighted by molar-refractivity contribution is -0.166. The normalized spacial score (nSPS) is 14.3. The van der Waals surface area contributed by atoms with Crippen molar-refractivity contribution in [1.29, 1.82) is 0 Å². The van der Waals surface area contributed by atoms with Gasteiger partial charge in [0.1, 0.15) is 6.04 Å². The van der Waals surface area contributed by atoms with Crippen molar-refractivity contribution in [3.63, 3.8) is 0 Å². The van der Waals surface area contributed by atoms with Crippen LogP contribution in [0.1, 0.15) is 24.4 Å². The second kappa shape index (κ2) is 4.18. The zero-order valence-electron chi connectivity index (χ0n) is 8.54. The van der Waals surface area contributed by atoms with Crippen LogP contribution in [0.25, 0.3) is 0 Å². The van der Waals surface area contributed by atoms with Gasteiger partial charge >= 0.3 is 6.18 Å². The van der Waals surface area contributed by atoms with E-state index in [1.165, 1.54) is 0 Å². The van der Waals surface area contributed by atoms with Crippen LogP contribution in [0.4, 0.5) is 13.2 Å². The average Bonchev–Trinajstić information content (AvgIpc) is 2.46. The first-order valence-corrected chi connectivity index (χ1v) is 4.55. The number of hydrogen-bond acceptors (Lipinski definition) is 3. The van der Waals surface area contributed by atoms with Gasteiger partial charge in [-0.1, -0.05) is 5.21 Å². The van der Waals surface area contributed by atoms with Gasteiger partial charge in [-0.2, -0.15) is 13.2 Å². The molecule has 0 fully saturated rings. The number of alkyl halides is 3. The van der Waals surface area contributed by atoms with Crippen LogP contribution in [-0.4, -0.2) is 27.7 Å². The van der Waals surface area contributed by atoms with Gasteiger partial charge in [-0.15, -0.1) is 5.10 Å². The molecule has 86 valence electrons. The van der Waals surface area contributed by atoms with Gasteiger partial charge in [0.05, 0.1) is 11.4 Å². The van der Waals surface area contributed by atoms with Crippen LogP contribution in [0.3, 0.4) is 0 Å². The summed E-state index contributed by atoms with van der Waals surface area (Å²) in [4.78, 5) is 0. The second-order valence-corrected chi connectivity index (χ2v) is 3.32. The van der Waals surface area contributed by atoms with Crippen LogP contribution in [-0.2, 0) is 6.42 Å². The van der Waals surface area contributed by atoms with E-state index in [4.69, 9.17) is 5.73 Å². The molecule has 1 atom stereocenters. The Bertz CT molecular complexity index is 331. The molecule has 0 aliphatic carbocycles. The molecule has 7 heteroatoms. The number of aromatic nitrogens is 3. The minimum absolute atomic E-state index is 0.347. The Morgan fingerprint density at radius 2 is 2.07 bits per heavy atom. The van der Waals surface area contributed by atoms with Gasteiger partial charge in [-0.3, -0.25) is 0 Å². The van der Waals surface area contributed by atoms with Gasteiger partial charge in [0.2, 0.25) is 0 Å². The fraction of sp³-hybridized carbons (Fsp3) is 0.750. The molecule has 0 bridgehead atoms. The molecule has 0 radical (unpaired) electrons. The molecule has 1 rings (SSSR count). The van der Waals surface area contributed by atoms with Crippen molar-refractivity contribution < 1.29 is 13.2 Å². The molecule has 2 N–H and O–H groups in total. The van der Waals surface area contributed by atoms with Crippen molar-refractivity contribution in [3.8, 4) is 0 Å². The van der Waals surface area contributed by atoms with Gasteiger partial charge in [-0.05, 0) is 20.4 Å². The van der Waals surface area contributed by atoms with Crippen molar-refractivity contribution >= 4 is 0 Å². The van der Waals surface area contributed by atoms with Crippen molar-refractivity contribution in [3.05, 3.63) is 11.4 Å². The molecule has 0 aliphatic heterocycles. The van der Waals surface area contributed by atoms with E-state index < -0.39 is 12.2 Å². The van der Waals surface area contributed by atoms with E-state index in [1.54, 1.807) is 6.92 Å². The Balaban J connectivity index is 2.96. The van der Waals surface area contributed by atoms with Gasteiger partial charge in [0.15, 0.2) is 0 Å². The van der Waals surface area contributed by atoms with E-state index >= 15 is 0 Å². The van der Waals surface area contributed by atoms with Crippen LogP contribution >= 0.6 is 0 Å². The lowest BCUT2D eigenvalue weighted by Crippen LogP contribution is -2.25. The van der Waals surface area contributed by atoms with Crippen LogP contribution < -0.4 is 5.73 Å². The minimum atomic E-state index is -4.31. The topological polar surface area (TPSA) is 56.7 Å². The number of hydrogen-bond donors (Lipinski definition) is 1. The second-order valence-electron chi connectivity index (χ2n) is 3.32. The molecule has 4 nitrogen and oxygen atoms in total. The van der Waals surface area contributed by atoms with Gasteiger partial charge < -0.3 is 5.73 Å². The number of nitrogens with zero attached hydrogens (tertiary/aromatic N) is 3. The lowest BCUT2D eigenvalue weighted by atomic mass is 10.2. The van der Waals surface area contributed by atoms with Crippen LogP contribution in [0.2, 0.25) is 0 Å². The van der Waals surface area contributed by atoms with E-state index in [-0.39, 0.29) is 0 Å². The van der Waals surface area contributed by atoms with Crippen molar-refractivity contribution in [2.24, 2.45) is 5.73 Å². The molecule has 0 amide bonds. The van der Waals surface area contributed by atoms with E-state index in [9.17, 15) is 13.2 Å². The summed E-state index contributed by atoms with van der Waals surface area (Å²) in [5, 5.41) is 7.16. The highest BCUT2D eigenvalue weighted by Crippen LogP contribution is 2.30. The summed E-state index contributed by atoms with van der Waals surface area (Å²) in [6, 6.07) is -1.66. The van der Waals surface area contributed by atoms with E-state index in [2.05, 4.69) is 10.3 Å². The summed E-state index contributed by atoms with van der Waals surface area (Å²) in [6.45, 7) is 2.96. The maximum Gasteiger partial charge on any atom is 0.410 e. The Hall–Kier alpha value is -1.11. The van der Waals surface area contributed by atoms with Crippen LogP contribution in [0.5, 0.6) is 0 Å². The highest BCUT2D eigenvalue weighted by Gasteiger charge is 2.39. The number of rotatable bonds is 3. The predicted molar refractivity (Wildman–Crippen MR) is 48.3 cm³/mol. The van der Waals surface area contributed by atoms with Gasteiger partial charge in [-0.25, -0.2) is 4.68 Å². The van der Waals surface area contributed by atoms with Gasteiger partial charge in [0, 0.05) is 6.42 Å². The Morgan fingerprint density at radius 1 is 1.47 bits per heavy atom. The SMILES string of the molecule is Cc1c(CCN)nnn1C(C)C(F)(F)F. The zero-order valence-corrected chi connectivity index (χ0v) is 8.54. The highest BCUT2D eigenvalue weighted by molar-refractivity contribution is 5.09. The molecule has 15 heavy (non-hydrogen) atoms. The molecular weight excluding hydrogens is 209 g/mol. The van der Waals surface area contributed by atoms with E-state index in [0.29, 0.717) is 24.4 Å². The number of nitrogens with two attached hydrogens (primary N) is 1. The maximum absolute atomic E-state index is 12.4. The molecule has 0 saturated carbocycles. The largest absolute Gasteiger partial charge is 0.410 e. The highest BCUT2D eigenvalue weighted by atomic mass is 19.4. The molecule has 0 aromatic carbocycles. The van der Waals surface area contributed by atoms with E-state index in [1.807, 2.05) is 0 Å². The minimum Gasteiger partial charge on any atom is -0.330 e. The third-order valence-corrected chi connectivity index (χ3v) is 2.24. The lowest BCUT2D eigenvalue weighted by Gasteiger charge is -2.16. The number of halogens is 3. The quantitative estimate of drug-likeness (QED) is 0.836. The Labute approximate surface area is 85.3 Å². The molecule has 1 aromatic heterocycles. The summed E-state index contributed by atoms with van der Waals surface area (Å²) in [7, 11) is 0. The van der Waals surface area contributed by atoms with Crippen LogP contribution in [0.15, 0.2) is 0 Å². The standard InChI is InChI=1S/C8H13F3N4/c1-5-7(3-4-12)13-14-15(5)6(2)8(9,10)11/h6H,3-4,12H2,1-2H3.